The van der Waals surface area contributed by atoms with E-state index in [1.54, 1.807) is 38.1 Å². The summed E-state index contributed by atoms with van der Waals surface area (Å²) in [5.74, 6) is 0.0188. The number of nitrogen functional groups attached to an aromatic ring is 2. The van der Waals surface area contributed by atoms with Gasteiger partial charge in [0.1, 0.15) is 32.9 Å². The number of Topliss-reactive ketones (excluding diaryl/α,β-unsaturated/α-hetero) is 2. The molecule has 378 valence electrons. The van der Waals surface area contributed by atoms with E-state index < -0.39 is 25.1 Å². The zero-order valence-corrected chi connectivity index (χ0v) is 43.8. The fraction of sp³-hybridized carbons (Fsp3) is 0.382. The van der Waals surface area contributed by atoms with Crippen LogP contribution < -0.4 is 11.5 Å². The van der Waals surface area contributed by atoms with E-state index in [2.05, 4.69) is 38.1 Å². The number of hydrogen-bond acceptors (Lipinski definition) is 10. The Balaban J connectivity index is 0.000000445. The van der Waals surface area contributed by atoms with Gasteiger partial charge >= 0.3 is 0 Å². The Hall–Kier alpha value is -5.80. The number of fused-ring (bicyclic) bond motifs is 2. The Kier molecular flexibility index (Phi) is 27.2. The molecule has 69 heavy (non-hydrogen) atoms. The van der Waals surface area contributed by atoms with Crippen molar-refractivity contribution in [2.45, 2.75) is 149 Å². The van der Waals surface area contributed by atoms with Crippen molar-refractivity contribution in [2.75, 3.05) is 11.5 Å². The van der Waals surface area contributed by atoms with Crippen LogP contribution in [0.2, 0.25) is 0 Å². The van der Waals surface area contributed by atoms with E-state index in [-0.39, 0.29) is 45.1 Å². The summed E-state index contributed by atoms with van der Waals surface area (Å²) in [5.41, 5.74) is 16.5. The molecule has 0 amide bonds. The van der Waals surface area contributed by atoms with Gasteiger partial charge in [-0.25, -0.2) is 0 Å². The standard InChI is InChI=1S/C15H18O4S.C13H15NO4S.C11H16.C6H7N.2C5H10O/c1-4-10(3)14-13(20(17,18)19)8-11-7-9(2)5-6-12(11)15(14)16;1-2-3-8-4-5-10-9(6-8)7-11(19(16,17)18)12(14)13(10)15;1-3-4-5-11-8-6-10(2)7-9-11;7-6-4-2-1-3-5-6;2*1-3-4-5(2)6/h5-8,10,16H,4H2,1-3H3,(H,17,18,19);4-7,15H,2-3,14H2,1H3,(H,16,17,18);6-9H,3-5H2,1-2H3;1-5H,7H2;2*3-4H2,1-2H3. The molecule has 0 fully saturated rings. The Labute approximate surface area is 411 Å². The number of carbonyl (C=O) groups is 2. The molecule has 0 radical (unpaired) electrons. The van der Waals surface area contributed by atoms with Crippen LogP contribution in [0.1, 0.15) is 140 Å². The minimum absolute atomic E-state index is 0.0653. The molecule has 0 aromatic heterocycles. The molecule has 6 rings (SSSR count). The Bertz CT molecular complexity index is 2740. The molecule has 0 aliphatic carbocycles. The molecule has 0 bridgehead atoms. The molecule has 0 saturated carbocycles. The summed E-state index contributed by atoms with van der Waals surface area (Å²) >= 11 is 0. The normalized spacial score (nSPS) is 11.1. The van der Waals surface area contributed by atoms with Crippen LogP contribution in [0.25, 0.3) is 21.5 Å². The van der Waals surface area contributed by atoms with Gasteiger partial charge in [0, 0.05) is 34.9 Å². The topological polar surface area (TPSA) is 235 Å². The highest BCUT2D eigenvalue weighted by Gasteiger charge is 2.24. The van der Waals surface area contributed by atoms with E-state index in [1.165, 1.54) is 42.5 Å². The van der Waals surface area contributed by atoms with Gasteiger partial charge in [0.05, 0.1) is 5.69 Å². The molecule has 6 aromatic rings. The van der Waals surface area contributed by atoms with E-state index in [1.807, 2.05) is 84.0 Å². The maximum atomic E-state index is 11.6. The van der Waals surface area contributed by atoms with E-state index in [0.29, 0.717) is 28.0 Å². The zero-order chi connectivity index (χ0) is 52.5. The van der Waals surface area contributed by atoms with Gasteiger partial charge in [-0.1, -0.05) is 144 Å². The number of phenols is 2. The molecule has 0 aliphatic rings. The molecule has 0 saturated heterocycles. The Morgan fingerprint density at radius 2 is 1.04 bits per heavy atom. The van der Waals surface area contributed by atoms with E-state index >= 15 is 0 Å². The third-order valence-electron chi connectivity index (χ3n) is 10.6. The molecule has 0 spiro atoms. The first-order valence-corrected chi connectivity index (χ1v) is 26.3. The fourth-order valence-corrected chi connectivity index (χ4v) is 8.27. The number of nitrogens with two attached hydrogens (primary N) is 2. The number of hydrogen-bond donors (Lipinski definition) is 6. The third kappa shape index (κ3) is 22.0. The number of ketones is 2. The van der Waals surface area contributed by atoms with Gasteiger partial charge in [-0.05, 0) is 118 Å². The summed E-state index contributed by atoms with van der Waals surface area (Å²) in [6.07, 6.45) is 9.73. The second kappa shape index (κ2) is 30.6. The quantitative estimate of drug-likeness (QED) is 0.0360. The molecule has 1 atom stereocenters. The Morgan fingerprint density at radius 3 is 1.48 bits per heavy atom. The maximum Gasteiger partial charge on any atom is 0.296 e. The number of para-hydroxylation sites is 1. The molecule has 0 heterocycles. The number of rotatable bonds is 13. The molecule has 1 unspecified atom stereocenters. The van der Waals surface area contributed by atoms with Crippen molar-refractivity contribution in [1.29, 1.82) is 0 Å². The lowest BCUT2D eigenvalue weighted by atomic mass is 9.94. The van der Waals surface area contributed by atoms with Crippen LogP contribution >= 0.6 is 0 Å². The van der Waals surface area contributed by atoms with Crippen LogP contribution in [0.5, 0.6) is 11.5 Å². The van der Waals surface area contributed by atoms with Crippen molar-refractivity contribution in [3.63, 3.8) is 0 Å². The lowest BCUT2D eigenvalue weighted by Gasteiger charge is -2.17. The van der Waals surface area contributed by atoms with Gasteiger partial charge in [-0.2, -0.15) is 16.8 Å². The molecule has 8 N–H and O–H groups in total. The molecule has 14 heteroatoms. The van der Waals surface area contributed by atoms with Gasteiger partial charge in [-0.3, -0.25) is 9.11 Å². The number of aromatic hydroxyl groups is 2. The smallest absolute Gasteiger partial charge is 0.296 e. The van der Waals surface area contributed by atoms with Crippen LogP contribution in [-0.4, -0.2) is 47.7 Å². The lowest BCUT2D eigenvalue weighted by molar-refractivity contribution is -0.117. The first-order chi connectivity index (χ1) is 32.4. The van der Waals surface area contributed by atoms with Gasteiger partial charge in [-0.15, -0.1) is 0 Å². The van der Waals surface area contributed by atoms with Crippen molar-refractivity contribution in [3.05, 3.63) is 131 Å². The fourth-order valence-electron chi connectivity index (χ4n) is 6.77. The van der Waals surface area contributed by atoms with Crippen LogP contribution in [0, 0.1) is 13.8 Å². The first-order valence-electron chi connectivity index (χ1n) is 23.5. The summed E-state index contributed by atoms with van der Waals surface area (Å²) in [4.78, 5) is 19.4. The van der Waals surface area contributed by atoms with E-state index in [9.17, 15) is 41.2 Å². The van der Waals surface area contributed by atoms with Crippen molar-refractivity contribution in [2.24, 2.45) is 0 Å². The van der Waals surface area contributed by atoms with Crippen molar-refractivity contribution in [3.8, 4) is 11.5 Å². The average molecular weight is 989 g/mol. The number of carbonyl (C=O) groups excluding carboxylic acids is 2. The van der Waals surface area contributed by atoms with Crippen LogP contribution in [0.15, 0.2) is 113 Å². The predicted molar refractivity (Wildman–Crippen MR) is 285 cm³/mol. The van der Waals surface area contributed by atoms with Crippen molar-refractivity contribution < 1.29 is 45.7 Å². The van der Waals surface area contributed by atoms with Crippen LogP contribution in [0.4, 0.5) is 11.4 Å². The number of anilines is 2. The maximum absolute atomic E-state index is 11.6. The number of aryl methyl sites for hydroxylation is 4. The second-order valence-electron chi connectivity index (χ2n) is 17.0. The SMILES string of the molecule is CCC(C)c1c(S(=O)(=O)O)cc2cc(C)ccc2c1O.CCCC(C)=O.CCCC(C)=O.CCCCc1ccc(C)cc1.CCCc1ccc2c(O)c(N)c(S(=O)(=O)O)cc2c1.Nc1ccccc1. The average Bonchev–Trinajstić information content (AvgIpc) is 3.27. The Morgan fingerprint density at radius 1 is 0.565 bits per heavy atom. The zero-order valence-electron chi connectivity index (χ0n) is 42.2. The summed E-state index contributed by atoms with van der Waals surface area (Å²) in [6.45, 7) is 19.2. The number of benzene rings is 6. The number of unbranched alkanes of at least 4 members (excludes halogenated alkanes) is 1. The van der Waals surface area contributed by atoms with Crippen LogP contribution in [-0.2, 0) is 42.7 Å². The molecule has 12 nitrogen and oxygen atoms in total. The van der Waals surface area contributed by atoms with Gasteiger partial charge in [0.15, 0.2) is 0 Å². The van der Waals surface area contributed by atoms with Gasteiger partial charge in [0.2, 0.25) is 0 Å². The lowest BCUT2D eigenvalue weighted by Crippen LogP contribution is -2.06. The first kappa shape index (κ1) is 61.2. The summed E-state index contributed by atoms with van der Waals surface area (Å²) in [6, 6.07) is 31.8. The summed E-state index contributed by atoms with van der Waals surface area (Å²) < 4.78 is 64.2. The molecule has 0 aliphatic heterocycles. The highest BCUT2D eigenvalue weighted by atomic mass is 32.2. The molecule has 6 aromatic carbocycles. The van der Waals surface area contributed by atoms with E-state index in [4.69, 9.17) is 16.0 Å². The molecular formula is C55H76N2O10S2. The van der Waals surface area contributed by atoms with E-state index in [0.717, 1.165) is 55.3 Å². The number of phenolic OH excluding ortho intramolecular Hbond substituents is 2. The van der Waals surface area contributed by atoms with Gasteiger partial charge < -0.3 is 31.3 Å². The largest absolute Gasteiger partial charge is 0.507 e. The monoisotopic (exact) mass is 988 g/mol. The van der Waals surface area contributed by atoms with Crippen LogP contribution in [0.3, 0.4) is 0 Å². The predicted octanol–water partition coefficient (Wildman–Crippen LogP) is 13.3. The summed E-state index contributed by atoms with van der Waals surface area (Å²) in [7, 11) is -8.83. The van der Waals surface area contributed by atoms with Crippen molar-refractivity contribution >= 4 is 64.7 Å². The highest BCUT2D eigenvalue weighted by Crippen LogP contribution is 2.40. The molecular weight excluding hydrogens is 913 g/mol. The third-order valence-corrected chi connectivity index (χ3v) is 12.4. The van der Waals surface area contributed by atoms with Gasteiger partial charge in [0.25, 0.3) is 20.2 Å². The minimum Gasteiger partial charge on any atom is -0.507 e. The second-order valence-corrected chi connectivity index (χ2v) is 19.7. The van der Waals surface area contributed by atoms with Crippen molar-refractivity contribution in [1.82, 2.24) is 0 Å². The highest BCUT2D eigenvalue weighted by molar-refractivity contribution is 7.86. The minimum atomic E-state index is -4.46. The summed E-state index contributed by atoms with van der Waals surface area (Å²) in [5, 5.41) is 22.5.